The van der Waals surface area contributed by atoms with Gasteiger partial charge in [0.15, 0.2) is 0 Å². The fourth-order valence-corrected chi connectivity index (χ4v) is 3.40. The fraction of sp³-hybridized carbons (Fsp3) is 0.750. The van der Waals surface area contributed by atoms with E-state index in [9.17, 15) is 0 Å². The molecule has 2 nitrogen and oxygen atoms in total. The highest BCUT2D eigenvalue weighted by atomic mass is 28.4. The normalized spacial score (nSPS) is 11.2. The molecule has 0 aliphatic heterocycles. The molecule has 0 rings (SSSR count). The van der Waals surface area contributed by atoms with E-state index < -0.39 is 8.32 Å². The number of nitrogens with one attached hydrogen (secondary N) is 1. The van der Waals surface area contributed by atoms with E-state index in [1.54, 1.807) is 6.20 Å². The van der Waals surface area contributed by atoms with Gasteiger partial charge in [-0.2, -0.15) is 0 Å². The van der Waals surface area contributed by atoms with Gasteiger partial charge in [0.2, 0.25) is 8.32 Å². The molecular formula is C8H19NOSi. The van der Waals surface area contributed by atoms with E-state index in [0.717, 1.165) is 0 Å². The Morgan fingerprint density at radius 3 is 2.00 bits per heavy atom. The van der Waals surface area contributed by atoms with E-state index in [0.29, 0.717) is 0 Å². The average molecular weight is 173 g/mol. The topological polar surface area (TPSA) is 21.3 Å². The van der Waals surface area contributed by atoms with Crippen LogP contribution in [0.25, 0.3) is 0 Å². The molecule has 0 aliphatic carbocycles. The van der Waals surface area contributed by atoms with Gasteiger partial charge in [-0.25, -0.2) is 0 Å². The third-order valence-electron chi connectivity index (χ3n) is 2.29. The van der Waals surface area contributed by atoms with E-state index in [-0.39, 0.29) is 0 Å². The van der Waals surface area contributed by atoms with Gasteiger partial charge >= 0.3 is 0 Å². The lowest BCUT2D eigenvalue weighted by Crippen LogP contribution is -2.39. The first-order chi connectivity index (χ1) is 5.24. The summed E-state index contributed by atoms with van der Waals surface area (Å²) in [5.41, 5.74) is 2.77. The predicted molar refractivity (Wildman–Crippen MR) is 51.6 cm³/mol. The number of hydroxylamine groups is 1. The molecule has 0 saturated heterocycles. The molecule has 0 aromatic heterocycles. The van der Waals surface area contributed by atoms with Gasteiger partial charge in [0, 0.05) is 6.20 Å². The Hall–Kier alpha value is -0.283. The van der Waals surface area contributed by atoms with Crippen LogP contribution in [0.2, 0.25) is 18.1 Å². The van der Waals surface area contributed by atoms with Gasteiger partial charge in [-0.3, -0.25) is 5.48 Å². The van der Waals surface area contributed by atoms with Crippen molar-refractivity contribution in [2.24, 2.45) is 0 Å². The molecule has 0 bridgehead atoms. The minimum atomic E-state index is -1.42. The molecule has 0 aliphatic rings. The number of hydrogen-bond donors (Lipinski definition) is 1. The summed E-state index contributed by atoms with van der Waals surface area (Å²) >= 11 is 0. The second kappa shape index (κ2) is 5.38. The molecule has 0 unspecified atom stereocenters. The van der Waals surface area contributed by atoms with Crippen LogP contribution in [0.3, 0.4) is 0 Å². The summed E-state index contributed by atoms with van der Waals surface area (Å²) in [6.45, 7) is 10.1. The Morgan fingerprint density at radius 1 is 1.27 bits per heavy atom. The summed E-state index contributed by atoms with van der Waals surface area (Å²) in [6.07, 6.45) is 1.60. The van der Waals surface area contributed by atoms with Crippen molar-refractivity contribution in [1.29, 1.82) is 0 Å². The van der Waals surface area contributed by atoms with Crippen LogP contribution in [0, 0.1) is 0 Å². The van der Waals surface area contributed by atoms with Crippen molar-refractivity contribution in [3.05, 3.63) is 12.8 Å². The Bertz CT molecular complexity index is 104. The molecule has 66 valence electrons. The van der Waals surface area contributed by atoms with Gasteiger partial charge in [-0.05, 0) is 18.1 Å². The van der Waals surface area contributed by atoms with Crippen LogP contribution in [0.1, 0.15) is 20.8 Å². The van der Waals surface area contributed by atoms with Crippen molar-refractivity contribution in [3.8, 4) is 0 Å². The van der Waals surface area contributed by atoms with Gasteiger partial charge in [-0.1, -0.05) is 27.4 Å². The van der Waals surface area contributed by atoms with Crippen molar-refractivity contribution >= 4 is 8.32 Å². The highest BCUT2D eigenvalue weighted by molar-refractivity contribution is 6.73. The quantitative estimate of drug-likeness (QED) is 0.492. The third kappa shape index (κ3) is 3.08. The molecular weight excluding hydrogens is 154 g/mol. The van der Waals surface area contributed by atoms with Crippen LogP contribution >= 0.6 is 0 Å². The largest absolute Gasteiger partial charge is 0.323 e. The van der Waals surface area contributed by atoms with Crippen molar-refractivity contribution in [3.63, 3.8) is 0 Å². The minimum Gasteiger partial charge on any atom is -0.323 e. The molecule has 0 aromatic carbocycles. The van der Waals surface area contributed by atoms with Crippen molar-refractivity contribution in [2.45, 2.75) is 38.9 Å². The summed E-state index contributed by atoms with van der Waals surface area (Å²) < 4.78 is 5.60. The summed E-state index contributed by atoms with van der Waals surface area (Å²) in [7, 11) is -1.42. The maximum Gasteiger partial charge on any atom is 0.228 e. The zero-order valence-corrected chi connectivity index (χ0v) is 8.81. The summed E-state index contributed by atoms with van der Waals surface area (Å²) in [5, 5.41) is 0. The van der Waals surface area contributed by atoms with Gasteiger partial charge in [0.1, 0.15) is 0 Å². The predicted octanol–water partition coefficient (Wildman–Crippen LogP) is 2.66. The molecule has 0 fully saturated rings. The molecule has 3 heteroatoms. The molecule has 11 heavy (non-hydrogen) atoms. The van der Waals surface area contributed by atoms with Gasteiger partial charge in [0.05, 0.1) is 0 Å². The second-order valence-corrected chi connectivity index (χ2v) is 7.36. The van der Waals surface area contributed by atoms with Crippen molar-refractivity contribution < 1.29 is 4.53 Å². The zero-order valence-electron chi connectivity index (χ0n) is 7.81. The molecule has 0 radical (unpaired) electrons. The number of hydrogen-bond acceptors (Lipinski definition) is 2. The van der Waals surface area contributed by atoms with Crippen LogP contribution in [0.4, 0.5) is 0 Å². The molecule has 0 atom stereocenters. The third-order valence-corrected chi connectivity index (χ3v) is 6.71. The highest BCUT2D eigenvalue weighted by Gasteiger charge is 2.29. The lowest BCUT2D eigenvalue weighted by Gasteiger charge is -2.26. The minimum absolute atomic E-state index is 1.17. The smallest absolute Gasteiger partial charge is 0.228 e. The summed E-state index contributed by atoms with van der Waals surface area (Å²) in [4.78, 5) is 0. The molecule has 1 N–H and O–H groups in total. The van der Waals surface area contributed by atoms with E-state index in [2.05, 4.69) is 32.8 Å². The Balaban J connectivity index is 3.93. The van der Waals surface area contributed by atoms with Gasteiger partial charge < -0.3 is 4.53 Å². The Labute approximate surface area is 70.7 Å². The zero-order chi connectivity index (χ0) is 8.74. The Kier molecular flexibility index (Phi) is 5.24. The maximum atomic E-state index is 5.60. The van der Waals surface area contributed by atoms with Crippen LogP contribution in [0.15, 0.2) is 12.8 Å². The summed E-state index contributed by atoms with van der Waals surface area (Å²) in [6, 6.07) is 3.50. The van der Waals surface area contributed by atoms with E-state index in [1.165, 1.54) is 18.1 Å². The van der Waals surface area contributed by atoms with Gasteiger partial charge in [-0.15, -0.1) is 0 Å². The first-order valence-corrected chi connectivity index (χ1v) is 6.82. The van der Waals surface area contributed by atoms with Crippen LogP contribution in [-0.4, -0.2) is 8.32 Å². The monoisotopic (exact) mass is 173 g/mol. The van der Waals surface area contributed by atoms with Crippen LogP contribution in [-0.2, 0) is 4.53 Å². The first-order valence-electron chi connectivity index (χ1n) is 4.29. The summed E-state index contributed by atoms with van der Waals surface area (Å²) in [5.74, 6) is 0. The second-order valence-electron chi connectivity index (χ2n) is 2.67. The number of rotatable bonds is 6. The maximum absolute atomic E-state index is 5.60. The SMILES string of the molecule is C=CNO[Si](CC)(CC)CC. The van der Waals surface area contributed by atoms with E-state index in [4.69, 9.17) is 4.53 Å². The molecule has 0 spiro atoms. The van der Waals surface area contributed by atoms with E-state index >= 15 is 0 Å². The lowest BCUT2D eigenvalue weighted by molar-refractivity contribution is 0.225. The molecule has 0 aromatic rings. The van der Waals surface area contributed by atoms with E-state index in [1.807, 2.05) is 0 Å². The van der Waals surface area contributed by atoms with Crippen molar-refractivity contribution in [1.82, 2.24) is 5.48 Å². The van der Waals surface area contributed by atoms with Gasteiger partial charge in [0.25, 0.3) is 0 Å². The Morgan fingerprint density at radius 2 is 1.73 bits per heavy atom. The molecule has 0 amide bonds. The molecule has 0 saturated carbocycles. The lowest BCUT2D eigenvalue weighted by atomic mass is 10.9. The van der Waals surface area contributed by atoms with Crippen molar-refractivity contribution in [2.75, 3.05) is 0 Å². The fourth-order valence-electron chi connectivity index (χ4n) is 1.13. The van der Waals surface area contributed by atoms with Crippen LogP contribution < -0.4 is 5.48 Å². The average Bonchev–Trinajstić information content (AvgIpc) is 2.08. The molecule has 0 heterocycles. The highest BCUT2D eigenvalue weighted by Crippen LogP contribution is 2.19. The standard InChI is InChI=1S/C8H19NOSi/c1-5-9-10-11(6-2,7-3)8-4/h5,9H,1,6-8H2,2-4H3. The van der Waals surface area contributed by atoms with Crippen LogP contribution in [0.5, 0.6) is 0 Å². The first kappa shape index (κ1) is 10.7.